The molecular formula is C19H21N5O5. The number of nitriles is 1. The topological polar surface area (TPSA) is 160 Å². The third kappa shape index (κ3) is 6.07. The van der Waals surface area contributed by atoms with Crippen molar-refractivity contribution in [1.29, 1.82) is 5.26 Å². The fourth-order valence-electron chi connectivity index (χ4n) is 2.23. The molecule has 10 heteroatoms. The van der Waals surface area contributed by atoms with Gasteiger partial charge in [-0.1, -0.05) is 12.1 Å². The number of amides is 1. The van der Waals surface area contributed by atoms with Gasteiger partial charge < -0.3 is 25.6 Å². The van der Waals surface area contributed by atoms with Crippen LogP contribution in [0.3, 0.4) is 0 Å². The third-order valence-electron chi connectivity index (χ3n) is 3.38. The Hall–Kier alpha value is -3.87. The van der Waals surface area contributed by atoms with E-state index >= 15 is 0 Å². The van der Waals surface area contributed by atoms with Crippen LogP contribution in [0.15, 0.2) is 24.3 Å². The number of nitrogens with one attached hydrogen (secondary N) is 1. The Bertz CT molecular complexity index is 962. The lowest BCUT2D eigenvalue weighted by molar-refractivity contribution is 0.0517. The number of aromatic carboxylic acids is 1. The number of hydrogen-bond donors (Lipinski definition) is 3. The Balaban J connectivity index is 2.19. The molecule has 0 saturated heterocycles. The fourth-order valence-corrected chi connectivity index (χ4v) is 2.23. The SMILES string of the molecule is CC(C)(C)OC(=O)NCCOc1nc(-c2cccc(C#N)c2)nc(N)c1C(=O)O. The van der Waals surface area contributed by atoms with Crippen LogP contribution in [0.5, 0.6) is 5.88 Å². The van der Waals surface area contributed by atoms with Gasteiger partial charge in [0.15, 0.2) is 11.4 Å². The molecule has 0 aliphatic carbocycles. The summed E-state index contributed by atoms with van der Waals surface area (Å²) in [7, 11) is 0. The molecule has 29 heavy (non-hydrogen) atoms. The molecule has 4 N–H and O–H groups in total. The van der Waals surface area contributed by atoms with Crippen molar-refractivity contribution in [3.63, 3.8) is 0 Å². The standard InChI is InChI=1S/C19H21N5O5/c1-19(2,3)29-18(27)22-7-8-28-16-13(17(25)26)14(21)23-15(24-16)12-6-4-5-11(9-12)10-20/h4-6,9H,7-8H2,1-3H3,(H,22,27)(H,25,26)(H2,21,23,24). The molecule has 1 aromatic carbocycles. The molecule has 2 rings (SSSR count). The minimum absolute atomic E-state index is 0.0527. The van der Waals surface area contributed by atoms with Gasteiger partial charge in [-0.25, -0.2) is 14.6 Å². The van der Waals surface area contributed by atoms with Gasteiger partial charge >= 0.3 is 12.1 Å². The Morgan fingerprint density at radius 3 is 2.66 bits per heavy atom. The highest BCUT2D eigenvalue weighted by Crippen LogP contribution is 2.26. The first-order valence-corrected chi connectivity index (χ1v) is 8.61. The first-order chi connectivity index (χ1) is 13.6. The maximum Gasteiger partial charge on any atom is 0.407 e. The van der Waals surface area contributed by atoms with Crippen LogP contribution in [0.25, 0.3) is 11.4 Å². The van der Waals surface area contributed by atoms with Crippen molar-refractivity contribution in [2.45, 2.75) is 26.4 Å². The fraction of sp³-hybridized carbons (Fsp3) is 0.316. The first kappa shape index (κ1) is 21.4. The predicted molar refractivity (Wildman–Crippen MR) is 103 cm³/mol. The molecule has 152 valence electrons. The minimum Gasteiger partial charge on any atom is -0.477 e. The third-order valence-corrected chi connectivity index (χ3v) is 3.38. The monoisotopic (exact) mass is 399 g/mol. The second kappa shape index (κ2) is 8.88. The zero-order chi connectivity index (χ0) is 21.6. The molecular weight excluding hydrogens is 378 g/mol. The van der Waals surface area contributed by atoms with Crippen LogP contribution in [-0.2, 0) is 4.74 Å². The summed E-state index contributed by atoms with van der Waals surface area (Å²) in [5.74, 6) is -1.76. The van der Waals surface area contributed by atoms with E-state index < -0.39 is 17.7 Å². The molecule has 0 saturated carbocycles. The number of alkyl carbamates (subject to hydrolysis) is 1. The second-order valence-corrected chi connectivity index (χ2v) is 6.89. The molecule has 1 aromatic heterocycles. The number of nitrogens with zero attached hydrogens (tertiary/aromatic N) is 3. The Morgan fingerprint density at radius 2 is 2.03 bits per heavy atom. The number of carboxylic acid groups (broad SMARTS) is 1. The van der Waals surface area contributed by atoms with Crippen LogP contribution >= 0.6 is 0 Å². The van der Waals surface area contributed by atoms with E-state index in [1.54, 1.807) is 45.0 Å². The largest absolute Gasteiger partial charge is 0.477 e. The second-order valence-electron chi connectivity index (χ2n) is 6.89. The molecule has 0 bridgehead atoms. The van der Waals surface area contributed by atoms with Gasteiger partial charge in [0, 0.05) is 5.56 Å². The van der Waals surface area contributed by atoms with E-state index in [0.717, 1.165) is 0 Å². The summed E-state index contributed by atoms with van der Waals surface area (Å²) in [6.45, 7) is 5.17. The van der Waals surface area contributed by atoms with E-state index in [1.165, 1.54) is 0 Å². The average Bonchev–Trinajstić information content (AvgIpc) is 2.63. The van der Waals surface area contributed by atoms with Gasteiger partial charge in [-0.3, -0.25) is 0 Å². The van der Waals surface area contributed by atoms with E-state index in [0.29, 0.717) is 11.1 Å². The number of anilines is 1. The first-order valence-electron chi connectivity index (χ1n) is 8.61. The number of carbonyl (C=O) groups is 2. The summed E-state index contributed by atoms with van der Waals surface area (Å²) in [5.41, 5.74) is 5.62. The maximum absolute atomic E-state index is 11.6. The molecule has 2 aromatic rings. The smallest absolute Gasteiger partial charge is 0.407 e. The number of nitrogens with two attached hydrogens (primary N) is 1. The van der Waals surface area contributed by atoms with Gasteiger partial charge in [0.2, 0.25) is 5.88 Å². The molecule has 1 heterocycles. The Labute approximate surface area is 167 Å². The lowest BCUT2D eigenvalue weighted by atomic mass is 10.1. The zero-order valence-corrected chi connectivity index (χ0v) is 16.2. The Kier molecular flexibility index (Phi) is 6.56. The maximum atomic E-state index is 11.6. The van der Waals surface area contributed by atoms with Crippen molar-refractivity contribution in [2.75, 3.05) is 18.9 Å². The normalized spacial score (nSPS) is 10.7. The molecule has 10 nitrogen and oxygen atoms in total. The van der Waals surface area contributed by atoms with Crippen molar-refractivity contribution in [3.05, 3.63) is 35.4 Å². The van der Waals surface area contributed by atoms with Gasteiger partial charge in [0.05, 0.1) is 18.2 Å². The molecule has 1 amide bonds. The van der Waals surface area contributed by atoms with Crippen LogP contribution in [0.2, 0.25) is 0 Å². The average molecular weight is 399 g/mol. The van der Waals surface area contributed by atoms with Crippen LogP contribution in [0.4, 0.5) is 10.6 Å². The van der Waals surface area contributed by atoms with Crippen molar-refractivity contribution < 1.29 is 24.2 Å². The highest BCUT2D eigenvalue weighted by atomic mass is 16.6. The van der Waals surface area contributed by atoms with Gasteiger partial charge in [-0.05, 0) is 32.9 Å². The van der Waals surface area contributed by atoms with Crippen LogP contribution in [-0.4, -0.2) is 45.9 Å². The van der Waals surface area contributed by atoms with Gasteiger partial charge in [0.1, 0.15) is 18.0 Å². The predicted octanol–water partition coefficient (Wildman–Crippen LogP) is 2.20. The lowest BCUT2D eigenvalue weighted by Gasteiger charge is -2.19. The molecule has 0 fully saturated rings. The molecule has 0 atom stereocenters. The van der Waals surface area contributed by atoms with E-state index in [9.17, 15) is 14.7 Å². The number of rotatable bonds is 6. The molecule has 0 radical (unpaired) electrons. The number of benzene rings is 1. The van der Waals surface area contributed by atoms with E-state index in [4.69, 9.17) is 20.5 Å². The van der Waals surface area contributed by atoms with E-state index in [-0.39, 0.29) is 36.2 Å². The van der Waals surface area contributed by atoms with Gasteiger partial charge in [0.25, 0.3) is 0 Å². The molecule has 0 spiro atoms. The number of nitrogen functional groups attached to an aromatic ring is 1. The van der Waals surface area contributed by atoms with E-state index in [2.05, 4.69) is 15.3 Å². The minimum atomic E-state index is -1.35. The molecule has 0 aliphatic rings. The quantitative estimate of drug-likeness (QED) is 0.618. The van der Waals surface area contributed by atoms with E-state index in [1.807, 2.05) is 6.07 Å². The number of hydrogen-bond acceptors (Lipinski definition) is 8. The zero-order valence-electron chi connectivity index (χ0n) is 16.2. The summed E-state index contributed by atoms with van der Waals surface area (Å²) in [6, 6.07) is 8.45. The number of carbonyl (C=O) groups excluding carboxylic acids is 1. The van der Waals surface area contributed by atoms with Crippen molar-refractivity contribution in [3.8, 4) is 23.3 Å². The molecule has 0 aliphatic heterocycles. The highest BCUT2D eigenvalue weighted by molar-refractivity contribution is 5.95. The summed E-state index contributed by atoms with van der Waals surface area (Å²) < 4.78 is 10.5. The van der Waals surface area contributed by atoms with Crippen LogP contribution in [0, 0.1) is 11.3 Å². The van der Waals surface area contributed by atoms with Crippen LogP contribution < -0.4 is 15.8 Å². The van der Waals surface area contributed by atoms with Crippen molar-refractivity contribution in [1.82, 2.24) is 15.3 Å². The lowest BCUT2D eigenvalue weighted by Crippen LogP contribution is -2.34. The number of ether oxygens (including phenoxy) is 2. The Morgan fingerprint density at radius 1 is 1.31 bits per heavy atom. The highest BCUT2D eigenvalue weighted by Gasteiger charge is 2.21. The summed E-state index contributed by atoms with van der Waals surface area (Å²) in [4.78, 5) is 31.3. The van der Waals surface area contributed by atoms with Crippen LogP contribution in [0.1, 0.15) is 36.7 Å². The van der Waals surface area contributed by atoms with Crippen molar-refractivity contribution in [2.24, 2.45) is 0 Å². The molecule has 0 unspecified atom stereocenters. The summed E-state index contributed by atoms with van der Waals surface area (Å²) >= 11 is 0. The van der Waals surface area contributed by atoms with Crippen molar-refractivity contribution >= 4 is 17.9 Å². The van der Waals surface area contributed by atoms with Gasteiger partial charge in [-0.2, -0.15) is 10.2 Å². The summed E-state index contributed by atoms with van der Waals surface area (Å²) in [6.07, 6.45) is -0.629. The van der Waals surface area contributed by atoms with Gasteiger partial charge in [-0.15, -0.1) is 0 Å². The summed E-state index contributed by atoms with van der Waals surface area (Å²) in [5, 5.41) is 20.9. The number of aromatic nitrogens is 2. The number of carboxylic acids is 1.